The first-order valence-corrected chi connectivity index (χ1v) is 6.94. The molecule has 0 fully saturated rings. The molecule has 0 amide bonds. The van der Waals surface area contributed by atoms with Crippen LogP contribution in [0.15, 0.2) is 42.5 Å². The first-order chi connectivity index (χ1) is 11.4. The van der Waals surface area contributed by atoms with Gasteiger partial charge in [-0.3, -0.25) is 10.1 Å². The maximum atomic E-state index is 10.6. The minimum atomic E-state index is -0.518. The zero-order valence-electron chi connectivity index (χ0n) is 12.6. The number of nitro benzene ring substituents is 1. The van der Waals surface area contributed by atoms with Crippen LogP contribution in [0.1, 0.15) is 0 Å². The van der Waals surface area contributed by atoms with Gasteiger partial charge in [-0.2, -0.15) is 0 Å². The molecule has 2 aromatic rings. The van der Waals surface area contributed by atoms with E-state index in [4.69, 9.17) is 11.5 Å². The van der Waals surface area contributed by atoms with E-state index in [0.29, 0.717) is 24.5 Å². The zero-order chi connectivity index (χ0) is 17.7. The predicted octanol–water partition coefficient (Wildman–Crippen LogP) is 1.87. The number of fused-ring (bicyclic) bond motifs is 1. The standard InChI is InChI=1S/C8H9N3O2.C6H7N3O2/c12-11(13)10-6-5-9-7-3-1-2-4-8(7)10;7-5-2-1-4(9(10)11)3-6(5)8/h1-4,9H,5-6H2;1-3H,7-8H2. The molecule has 0 unspecified atom stereocenters. The summed E-state index contributed by atoms with van der Waals surface area (Å²) in [5, 5.41) is 24.7. The Morgan fingerprint density at radius 1 is 1.04 bits per heavy atom. The van der Waals surface area contributed by atoms with E-state index in [9.17, 15) is 20.2 Å². The summed E-state index contributed by atoms with van der Waals surface area (Å²) in [5.74, 6) is 0. The van der Waals surface area contributed by atoms with E-state index in [1.165, 1.54) is 18.2 Å². The number of hydrogen-bond acceptors (Lipinski definition) is 7. The Morgan fingerprint density at radius 3 is 2.38 bits per heavy atom. The summed E-state index contributed by atoms with van der Waals surface area (Å²) in [5.41, 5.74) is 12.7. The topological polar surface area (TPSA) is 154 Å². The fourth-order valence-corrected chi connectivity index (χ4v) is 2.11. The van der Waals surface area contributed by atoms with Gasteiger partial charge in [-0.25, -0.2) is 10.1 Å². The number of nitrogens with zero attached hydrogens (tertiary/aromatic N) is 3. The largest absolute Gasteiger partial charge is 0.397 e. The molecule has 0 aromatic heterocycles. The van der Waals surface area contributed by atoms with Crippen LogP contribution in [0.2, 0.25) is 0 Å². The van der Waals surface area contributed by atoms with Crippen LogP contribution in [-0.2, 0) is 0 Å². The van der Waals surface area contributed by atoms with Crippen molar-refractivity contribution in [1.29, 1.82) is 0 Å². The number of rotatable bonds is 2. The molecule has 0 aliphatic carbocycles. The van der Waals surface area contributed by atoms with Gasteiger partial charge in [0.25, 0.3) is 5.69 Å². The summed E-state index contributed by atoms with van der Waals surface area (Å²) in [6, 6.07) is 11.2. The van der Waals surface area contributed by atoms with Crippen molar-refractivity contribution in [2.75, 3.05) is 34.9 Å². The monoisotopic (exact) mass is 332 g/mol. The van der Waals surface area contributed by atoms with Gasteiger partial charge >= 0.3 is 0 Å². The summed E-state index contributed by atoms with van der Waals surface area (Å²) in [7, 11) is 0. The highest BCUT2D eigenvalue weighted by Crippen LogP contribution is 2.27. The number of nitro groups is 2. The second-order valence-electron chi connectivity index (χ2n) is 4.88. The fraction of sp³-hybridized carbons (Fsp3) is 0.143. The average Bonchev–Trinajstić information content (AvgIpc) is 2.57. The third-order valence-corrected chi connectivity index (χ3v) is 3.30. The molecule has 1 aliphatic heterocycles. The second-order valence-corrected chi connectivity index (χ2v) is 4.88. The van der Waals surface area contributed by atoms with Crippen molar-refractivity contribution in [2.24, 2.45) is 0 Å². The van der Waals surface area contributed by atoms with Crippen molar-refractivity contribution in [2.45, 2.75) is 0 Å². The number of nitrogen functional groups attached to an aromatic ring is 2. The van der Waals surface area contributed by atoms with Gasteiger partial charge in [-0.15, -0.1) is 0 Å². The first kappa shape index (κ1) is 16.8. The van der Waals surface area contributed by atoms with Gasteiger partial charge in [0.05, 0.1) is 22.0 Å². The van der Waals surface area contributed by atoms with Gasteiger partial charge in [0, 0.05) is 18.7 Å². The molecule has 0 saturated heterocycles. The van der Waals surface area contributed by atoms with E-state index in [1.54, 1.807) is 12.1 Å². The average molecular weight is 332 g/mol. The second kappa shape index (κ2) is 7.13. The van der Waals surface area contributed by atoms with E-state index < -0.39 is 4.92 Å². The van der Waals surface area contributed by atoms with Gasteiger partial charge in [-0.1, -0.05) is 17.1 Å². The molecule has 0 spiro atoms. The Hall–Kier alpha value is -3.56. The number of benzene rings is 2. The molecule has 1 aliphatic rings. The van der Waals surface area contributed by atoms with Crippen molar-refractivity contribution in [3.63, 3.8) is 0 Å². The third kappa shape index (κ3) is 3.80. The SMILES string of the molecule is Nc1ccc([N+](=O)[O-])cc1N.O=[N+]([O-])N1CCNc2ccccc21. The van der Waals surface area contributed by atoms with Crippen molar-refractivity contribution in [3.05, 3.63) is 62.7 Å². The highest BCUT2D eigenvalue weighted by molar-refractivity contribution is 5.70. The molecular formula is C14H16N6O4. The summed E-state index contributed by atoms with van der Waals surface area (Å²) in [4.78, 5) is 20.3. The predicted molar refractivity (Wildman–Crippen MR) is 91.2 cm³/mol. The molecule has 0 atom stereocenters. The van der Waals surface area contributed by atoms with Crippen LogP contribution in [0.3, 0.4) is 0 Å². The quantitative estimate of drug-likeness (QED) is 0.428. The van der Waals surface area contributed by atoms with Crippen molar-refractivity contribution in [3.8, 4) is 0 Å². The van der Waals surface area contributed by atoms with Gasteiger partial charge < -0.3 is 16.8 Å². The molecule has 3 rings (SSSR count). The number of hydrazine groups is 1. The Morgan fingerprint density at radius 2 is 1.75 bits per heavy atom. The van der Waals surface area contributed by atoms with Crippen molar-refractivity contribution in [1.82, 2.24) is 0 Å². The summed E-state index contributed by atoms with van der Waals surface area (Å²) in [6.45, 7) is 1.02. The highest BCUT2D eigenvalue weighted by atomic mass is 16.7. The Bertz CT molecular complexity index is 767. The van der Waals surface area contributed by atoms with Crippen LogP contribution in [0, 0.1) is 20.2 Å². The molecule has 10 heteroatoms. The normalized spacial score (nSPS) is 12.2. The van der Waals surface area contributed by atoms with Crippen LogP contribution < -0.4 is 21.8 Å². The fourth-order valence-electron chi connectivity index (χ4n) is 2.11. The summed E-state index contributed by atoms with van der Waals surface area (Å²) >= 11 is 0. The first-order valence-electron chi connectivity index (χ1n) is 6.94. The Balaban J connectivity index is 0.000000177. The number of anilines is 4. The van der Waals surface area contributed by atoms with E-state index in [0.717, 1.165) is 10.7 Å². The number of hydrogen-bond donors (Lipinski definition) is 3. The van der Waals surface area contributed by atoms with Gasteiger partial charge in [-0.05, 0) is 18.2 Å². The lowest BCUT2D eigenvalue weighted by atomic mass is 10.2. The highest BCUT2D eigenvalue weighted by Gasteiger charge is 2.23. The van der Waals surface area contributed by atoms with Gasteiger partial charge in [0.1, 0.15) is 12.2 Å². The van der Waals surface area contributed by atoms with Crippen molar-refractivity contribution < 1.29 is 9.96 Å². The lowest BCUT2D eigenvalue weighted by Crippen LogP contribution is -2.38. The molecular weight excluding hydrogens is 316 g/mol. The number of nitrogens with one attached hydrogen (secondary N) is 1. The molecule has 0 saturated carbocycles. The molecule has 24 heavy (non-hydrogen) atoms. The maximum absolute atomic E-state index is 10.6. The molecule has 1 heterocycles. The number of non-ortho nitro benzene ring substituents is 1. The molecule has 2 aromatic carbocycles. The Labute approximate surface area is 136 Å². The molecule has 10 nitrogen and oxygen atoms in total. The summed E-state index contributed by atoms with van der Waals surface area (Å²) in [6.07, 6.45) is 0. The summed E-state index contributed by atoms with van der Waals surface area (Å²) < 4.78 is 0. The van der Waals surface area contributed by atoms with Crippen LogP contribution in [0.4, 0.5) is 28.4 Å². The minimum absolute atomic E-state index is 0.0447. The molecule has 0 radical (unpaired) electrons. The molecule has 5 N–H and O–H groups in total. The van der Waals surface area contributed by atoms with E-state index in [2.05, 4.69) is 5.32 Å². The number of nitrogens with two attached hydrogens (primary N) is 2. The smallest absolute Gasteiger partial charge is 0.271 e. The molecule has 0 bridgehead atoms. The zero-order valence-corrected chi connectivity index (χ0v) is 12.6. The van der Waals surface area contributed by atoms with Crippen molar-refractivity contribution >= 4 is 28.4 Å². The van der Waals surface area contributed by atoms with Gasteiger partial charge in [0.15, 0.2) is 5.03 Å². The molecule has 126 valence electrons. The Kier molecular flexibility index (Phi) is 5.00. The van der Waals surface area contributed by atoms with Crippen LogP contribution >= 0.6 is 0 Å². The van der Waals surface area contributed by atoms with Crippen LogP contribution in [0.25, 0.3) is 0 Å². The van der Waals surface area contributed by atoms with Crippen LogP contribution in [0.5, 0.6) is 0 Å². The van der Waals surface area contributed by atoms with E-state index >= 15 is 0 Å². The number of para-hydroxylation sites is 2. The lowest BCUT2D eigenvalue weighted by Gasteiger charge is -2.23. The minimum Gasteiger partial charge on any atom is -0.397 e. The third-order valence-electron chi connectivity index (χ3n) is 3.30. The van der Waals surface area contributed by atoms with E-state index in [-0.39, 0.29) is 16.4 Å². The lowest BCUT2D eigenvalue weighted by molar-refractivity contribution is -0.494. The maximum Gasteiger partial charge on any atom is 0.271 e. The van der Waals surface area contributed by atoms with Crippen LogP contribution in [-0.4, -0.2) is 23.0 Å². The van der Waals surface area contributed by atoms with E-state index in [1.807, 2.05) is 12.1 Å². The van der Waals surface area contributed by atoms with Gasteiger partial charge in [0.2, 0.25) is 0 Å².